The molecule has 1 aliphatic carbocycles. The molecule has 6 heteroatoms. The van der Waals surface area contributed by atoms with Crippen molar-refractivity contribution < 1.29 is 5.11 Å². The average Bonchev–Trinajstić information content (AvgIpc) is 3.16. The maximum absolute atomic E-state index is 9.56. The molecule has 1 aliphatic rings. The number of aromatic nitrogens is 3. The topological polar surface area (TPSA) is 70.9 Å². The van der Waals surface area contributed by atoms with E-state index in [1.165, 1.54) is 28.6 Å². The largest absolute Gasteiger partial charge is 0.392 e. The molecule has 0 amide bonds. The Kier molecular flexibility index (Phi) is 4.33. The fraction of sp³-hybridized carbons (Fsp3) is 0.526. The number of aliphatic hydroxyl groups excluding tert-OH is 1. The van der Waals surface area contributed by atoms with Crippen molar-refractivity contribution in [3.05, 3.63) is 23.1 Å². The molecule has 2 N–H and O–H groups in total. The van der Waals surface area contributed by atoms with Gasteiger partial charge >= 0.3 is 0 Å². The minimum Gasteiger partial charge on any atom is -0.392 e. The fourth-order valence-electron chi connectivity index (χ4n) is 3.70. The van der Waals surface area contributed by atoms with Gasteiger partial charge in [0.05, 0.1) is 16.3 Å². The molecule has 5 nitrogen and oxygen atoms in total. The zero-order valence-electron chi connectivity index (χ0n) is 15.0. The van der Waals surface area contributed by atoms with E-state index in [0.29, 0.717) is 12.5 Å². The number of pyridine rings is 1. The summed E-state index contributed by atoms with van der Waals surface area (Å²) in [5.74, 6) is 1.40. The van der Waals surface area contributed by atoms with Crippen LogP contribution in [0.3, 0.4) is 0 Å². The summed E-state index contributed by atoms with van der Waals surface area (Å²) < 4.78 is 1.04. The molecule has 0 unspecified atom stereocenters. The molecule has 0 saturated carbocycles. The van der Waals surface area contributed by atoms with Gasteiger partial charge in [-0.2, -0.15) is 0 Å². The summed E-state index contributed by atoms with van der Waals surface area (Å²) >= 11 is 1.67. The Morgan fingerprint density at radius 2 is 2.00 bits per heavy atom. The van der Waals surface area contributed by atoms with E-state index in [2.05, 4.69) is 29.1 Å². The monoisotopic (exact) mass is 356 g/mol. The number of aryl methyl sites for hydroxylation is 1. The van der Waals surface area contributed by atoms with E-state index in [4.69, 9.17) is 4.98 Å². The highest BCUT2D eigenvalue weighted by molar-refractivity contribution is 7.26. The van der Waals surface area contributed by atoms with Gasteiger partial charge in [0.2, 0.25) is 0 Å². The Morgan fingerprint density at radius 1 is 1.20 bits per heavy atom. The maximum Gasteiger partial charge on any atom is 0.147 e. The van der Waals surface area contributed by atoms with Gasteiger partial charge in [-0.3, -0.25) is 0 Å². The second kappa shape index (κ2) is 6.50. The summed E-state index contributed by atoms with van der Waals surface area (Å²) in [6, 6.07) is 0. The van der Waals surface area contributed by atoms with Crippen LogP contribution in [0.4, 0.5) is 5.82 Å². The third kappa shape index (κ3) is 2.98. The number of hydrogen-bond donors (Lipinski definition) is 2. The van der Waals surface area contributed by atoms with Gasteiger partial charge in [-0.1, -0.05) is 13.8 Å². The smallest absolute Gasteiger partial charge is 0.147 e. The predicted octanol–water partition coefficient (Wildman–Crippen LogP) is 3.72. The van der Waals surface area contributed by atoms with Crippen molar-refractivity contribution in [2.24, 2.45) is 5.92 Å². The number of anilines is 1. The van der Waals surface area contributed by atoms with E-state index in [-0.39, 0.29) is 0 Å². The van der Waals surface area contributed by atoms with Crippen LogP contribution in [-0.4, -0.2) is 32.7 Å². The number of rotatable bonds is 5. The van der Waals surface area contributed by atoms with Gasteiger partial charge in [0, 0.05) is 17.6 Å². The lowest BCUT2D eigenvalue weighted by atomic mass is 9.99. The number of thiophene rings is 1. The molecular formula is C19H24N4OS. The van der Waals surface area contributed by atoms with E-state index in [0.717, 1.165) is 40.1 Å². The molecule has 0 saturated heterocycles. The third-order valence-corrected chi connectivity index (χ3v) is 5.80. The quantitative estimate of drug-likeness (QED) is 0.729. The first-order valence-corrected chi connectivity index (χ1v) is 9.86. The van der Waals surface area contributed by atoms with Crippen molar-refractivity contribution >= 4 is 37.6 Å². The lowest BCUT2D eigenvalue weighted by Gasteiger charge is -2.11. The van der Waals surface area contributed by atoms with Gasteiger partial charge in [0.1, 0.15) is 17.0 Å². The Balaban J connectivity index is 1.92. The zero-order chi connectivity index (χ0) is 17.6. The van der Waals surface area contributed by atoms with Gasteiger partial charge in [-0.05, 0) is 49.7 Å². The van der Waals surface area contributed by atoms with Gasteiger partial charge in [-0.25, -0.2) is 15.0 Å². The molecule has 132 valence electrons. The molecule has 25 heavy (non-hydrogen) atoms. The molecule has 0 spiro atoms. The Hall–Kier alpha value is -1.79. The number of nitrogens with zero attached hydrogens (tertiary/aromatic N) is 3. The summed E-state index contributed by atoms with van der Waals surface area (Å²) in [4.78, 5) is 15.1. The van der Waals surface area contributed by atoms with Crippen molar-refractivity contribution in [3.8, 4) is 0 Å². The molecule has 0 radical (unpaired) electrons. The Morgan fingerprint density at radius 3 is 2.76 bits per heavy atom. The molecule has 3 aromatic heterocycles. The van der Waals surface area contributed by atoms with E-state index < -0.39 is 6.10 Å². The Bertz CT molecular complexity index is 932. The molecule has 0 fully saturated rings. The van der Waals surface area contributed by atoms with Gasteiger partial charge < -0.3 is 10.4 Å². The molecule has 3 heterocycles. The standard InChI is InChI=1S/C19H24N4OS/c1-10(2)7-14-12-5-4-6-13(12)15-16-17(25-19(15)23-14)18(22-9-21-16)20-8-11(3)24/h9-11,24H,4-8H2,1-3H3,(H,20,21,22)/t11-/m1/s1. The van der Waals surface area contributed by atoms with Crippen molar-refractivity contribution in [1.29, 1.82) is 0 Å². The van der Waals surface area contributed by atoms with Crippen LogP contribution in [0.15, 0.2) is 6.33 Å². The molecule has 3 aromatic rings. The van der Waals surface area contributed by atoms with Crippen molar-refractivity contribution in [2.45, 2.75) is 52.6 Å². The summed E-state index contributed by atoms with van der Waals surface area (Å²) in [6.45, 7) is 6.75. The number of fused-ring (bicyclic) bond motifs is 5. The second-order valence-electron chi connectivity index (χ2n) is 7.38. The molecule has 0 bridgehead atoms. The maximum atomic E-state index is 9.56. The van der Waals surface area contributed by atoms with Crippen LogP contribution < -0.4 is 5.32 Å². The van der Waals surface area contributed by atoms with Crippen molar-refractivity contribution in [2.75, 3.05) is 11.9 Å². The summed E-state index contributed by atoms with van der Waals surface area (Å²) in [5.41, 5.74) is 5.18. The van der Waals surface area contributed by atoms with E-state index in [1.807, 2.05) is 0 Å². The second-order valence-corrected chi connectivity index (χ2v) is 8.38. The first-order valence-electron chi connectivity index (χ1n) is 9.04. The van der Waals surface area contributed by atoms with Gasteiger partial charge in [0.15, 0.2) is 0 Å². The first kappa shape index (κ1) is 16.7. The highest BCUT2D eigenvalue weighted by atomic mass is 32.1. The lowest BCUT2D eigenvalue weighted by molar-refractivity contribution is 0.208. The lowest BCUT2D eigenvalue weighted by Crippen LogP contribution is -2.16. The third-order valence-electron chi connectivity index (χ3n) is 4.72. The van der Waals surface area contributed by atoms with Crippen LogP contribution in [0.1, 0.15) is 44.0 Å². The number of hydrogen-bond acceptors (Lipinski definition) is 6. The minimum absolute atomic E-state index is 0.417. The van der Waals surface area contributed by atoms with Gasteiger partial charge in [0.25, 0.3) is 0 Å². The van der Waals surface area contributed by atoms with E-state index >= 15 is 0 Å². The molecular weight excluding hydrogens is 332 g/mol. The summed E-state index contributed by atoms with van der Waals surface area (Å²) in [5, 5.41) is 14.0. The van der Waals surface area contributed by atoms with Crippen LogP contribution in [0.5, 0.6) is 0 Å². The summed E-state index contributed by atoms with van der Waals surface area (Å²) in [7, 11) is 0. The first-order chi connectivity index (χ1) is 12.0. The number of aliphatic hydroxyl groups is 1. The van der Waals surface area contributed by atoms with Crippen LogP contribution >= 0.6 is 11.3 Å². The zero-order valence-corrected chi connectivity index (χ0v) is 15.8. The predicted molar refractivity (Wildman–Crippen MR) is 103 cm³/mol. The number of nitrogens with one attached hydrogen (secondary N) is 1. The highest BCUT2D eigenvalue weighted by Gasteiger charge is 2.24. The molecule has 0 aromatic carbocycles. The summed E-state index contributed by atoms with van der Waals surface area (Å²) in [6.07, 6.45) is 5.69. The Labute approximate surface area is 151 Å². The molecule has 0 aliphatic heterocycles. The molecule has 4 rings (SSSR count). The van der Waals surface area contributed by atoms with Crippen molar-refractivity contribution in [3.63, 3.8) is 0 Å². The minimum atomic E-state index is -0.417. The molecule has 1 atom stereocenters. The van der Waals surface area contributed by atoms with Crippen LogP contribution in [0, 0.1) is 5.92 Å². The van der Waals surface area contributed by atoms with Crippen LogP contribution in [-0.2, 0) is 19.3 Å². The van der Waals surface area contributed by atoms with Crippen LogP contribution in [0.25, 0.3) is 20.4 Å². The average molecular weight is 356 g/mol. The van der Waals surface area contributed by atoms with Gasteiger partial charge in [-0.15, -0.1) is 11.3 Å². The fourth-order valence-corrected chi connectivity index (χ4v) is 4.85. The SMILES string of the molecule is CC(C)Cc1nc2sc3c(NC[C@@H](C)O)ncnc3c2c2c1CCC2. The van der Waals surface area contributed by atoms with E-state index in [1.54, 1.807) is 24.6 Å². The highest BCUT2D eigenvalue weighted by Crippen LogP contribution is 2.41. The van der Waals surface area contributed by atoms with E-state index in [9.17, 15) is 5.11 Å². The normalized spacial score (nSPS) is 15.2. The van der Waals surface area contributed by atoms with Crippen LogP contribution in [0.2, 0.25) is 0 Å². The van der Waals surface area contributed by atoms with Crippen molar-refractivity contribution in [1.82, 2.24) is 15.0 Å².